The van der Waals surface area contributed by atoms with Gasteiger partial charge in [-0.15, -0.1) is 0 Å². The Bertz CT molecular complexity index is 1370. The second kappa shape index (κ2) is 8.94. The first kappa shape index (κ1) is 23.8. The molecule has 0 radical (unpaired) electrons. The van der Waals surface area contributed by atoms with Crippen LogP contribution in [0.25, 0.3) is 22.3 Å². The van der Waals surface area contributed by atoms with Gasteiger partial charge < -0.3 is 9.47 Å². The molecule has 2 fully saturated rings. The fourth-order valence-corrected chi connectivity index (χ4v) is 7.23. The first-order chi connectivity index (χ1) is 16.6. The quantitative estimate of drug-likeness (QED) is 0.451. The number of pyridine rings is 2. The summed E-state index contributed by atoms with van der Waals surface area (Å²) in [5, 5.41) is 4.84. The molecule has 0 saturated carbocycles. The van der Waals surface area contributed by atoms with Gasteiger partial charge in [-0.25, -0.2) is 12.8 Å². The zero-order chi connectivity index (χ0) is 24.8. The lowest BCUT2D eigenvalue weighted by Crippen LogP contribution is -2.47. The predicted molar refractivity (Wildman–Crippen MR) is 127 cm³/mol. The van der Waals surface area contributed by atoms with Gasteiger partial charge in [0.25, 0.3) is 0 Å². The predicted octanol–water partition coefficient (Wildman–Crippen LogP) is 3.55. The molecule has 3 aromatic heterocycles. The van der Waals surface area contributed by atoms with Crippen molar-refractivity contribution >= 4 is 26.7 Å². The first-order valence-corrected chi connectivity index (χ1v) is 13.4. The Hall–Kier alpha value is -2.92. The zero-order valence-corrected chi connectivity index (χ0v) is 20.4. The van der Waals surface area contributed by atoms with Gasteiger partial charge >= 0.3 is 0 Å². The lowest BCUT2D eigenvalue weighted by atomic mass is 9.86. The van der Waals surface area contributed by atoms with Gasteiger partial charge in [0, 0.05) is 55.5 Å². The van der Waals surface area contributed by atoms with Crippen LogP contribution < -0.4 is 4.74 Å². The Morgan fingerprint density at radius 3 is 2.69 bits per heavy atom. The molecule has 186 valence electrons. The van der Waals surface area contributed by atoms with Gasteiger partial charge in [-0.2, -0.15) is 5.10 Å². The summed E-state index contributed by atoms with van der Waals surface area (Å²) in [6.07, 6.45) is 4.76. The van der Waals surface area contributed by atoms with E-state index in [2.05, 4.69) is 9.97 Å². The molecule has 0 spiro atoms. The number of carbonyl (C=O) groups excluding carboxylic acids is 1. The van der Waals surface area contributed by atoms with Crippen LogP contribution in [0.4, 0.5) is 4.39 Å². The van der Waals surface area contributed by atoms with Crippen molar-refractivity contribution in [3.05, 3.63) is 36.3 Å². The van der Waals surface area contributed by atoms with Crippen LogP contribution in [0.1, 0.15) is 49.5 Å². The molecule has 0 bridgehead atoms. The van der Waals surface area contributed by atoms with Crippen LogP contribution in [0.3, 0.4) is 0 Å². The number of aromatic nitrogens is 4. The molecule has 11 heteroatoms. The minimum absolute atomic E-state index is 0.0223. The van der Waals surface area contributed by atoms with Crippen molar-refractivity contribution < 1.29 is 27.1 Å². The highest BCUT2D eigenvalue weighted by atomic mass is 32.2. The van der Waals surface area contributed by atoms with Gasteiger partial charge in [0.05, 0.1) is 29.3 Å². The molecule has 2 aliphatic rings. The Balaban J connectivity index is 1.54. The average molecular weight is 503 g/mol. The van der Waals surface area contributed by atoms with E-state index >= 15 is 0 Å². The summed E-state index contributed by atoms with van der Waals surface area (Å²) in [5.74, 6) is 0.178. The van der Waals surface area contributed by atoms with Crippen LogP contribution in [-0.2, 0) is 14.6 Å². The highest BCUT2D eigenvalue weighted by molar-refractivity contribution is 7.92. The maximum Gasteiger partial charge on any atom is 0.235 e. The molecule has 35 heavy (non-hydrogen) atoms. The molecule has 0 amide bonds. The lowest BCUT2D eigenvalue weighted by Gasteiger charge is -2.37. The minimum atomic E-state index is -3.04. The van der Waals surface area contributed by atoms with E-state index in [4.69, 9.17) is 14.6 Å². The standard InChI is InChI=1S/C24H27FN4O5S/c1-15(25)34-19-7-17(10-26-12-19)22-23-20(29(28-22)18-3-5-33-6-4-18)8-16(11-27-23)21(30)9-24(2)13-35(31,32)14-24/h7-8,10-12,15,18H,3-6,9,13-14H2,1-2H3. The normalized spacial score (nSPS) is 20.3. The third-order valence-corrected chi connectivity index (χ3v) is 8.69. The fourth-order valence-electron chi connectivity index (χ4n) is 4.99. The summed E-state index contributed by atoms with van der Waals surface area (Å²) in [6, 6.07) is 3.52. The van der Waals surface area contributed by atoms with Gasteiger partial charge in [-0.3, -0.25) is 19.4 Å². The van der Waals surface area contributed by atoms with Crippen molar-refractivity contribution in [1.29, 1.82) is 0 Å². The van der Waals surface area contributed by atoms with Gasteiger partial charge in [0.1, 0.15) is 17.0 Å². The third kappa shape index (κ3) is 4.92. The molecule has 1 atom stereocenters. The van der Waals surface area contributed by atoms with E-state index in [-0.39, 0.29) is 35.5 Å². The topological polar surface area (TPSA) is 113 Å². The van der Waals surface area contributed by atoms with Crippen molar-refractivity contribution in [1.82, 2.24) is 19.7 Å². The van der Waals surface area contributed by atoms with E-state index in [0.717, 1.165) is 12.8 Å². The molecule has 2 aliphatic heterocycles. The monoisotopic (exact) mass is 502 g/mol. The number of ketones is 1. The fraction of sp³-hybridized carbons (Fsp3) is 0.500. The lowest BCUT2D eigenvalue weighted by molar-refractivity contribution is 0.0675. The summed E-state index contributed by atoms with van der Waals surface area (Å²) in [6.45, 7) is 4.34. The van der Waals surface area contributed by atoms with Gasteiger partial charge in [-0.1, -0.05) is 6.92 Å². The van der Waals surface area contributed by atoms with E-state index in [9.17, 15) is 17.6 Å². The number of ether oxygens (including phenoxy) is 2. The number of rotatable bonds is 7. The zero-order valence-electron chi connectivity index (χ0n) is 19.6. The first-order valence-electron chi connectivity index (χ1n) is 11.6. The molecule has 5 rings (SSSR count). The van der Waals surface area contributed by atoms with Crippen molar-refractivity contribution in [3.63, 3.8) is 0 Å². The van der Waals surface area contributed by atoms with E-state index in [0.29, 0.717) is 41.1 Å². The highest BCUT2D eigenvalue weighted by Gasteiger charge is 2.45. The number of carbonyl (C=O) groups is 1. The molecular formula is C24H27FN4O5S. The molecule has 0 N–H and O–H groups in total. The second-order valence-corrected chi connectivity index (χ2v) is 11.8. The Kier molecular flexibility index (Phi) is 6.08. The van der Waals surface area contributed by atoms with Crippen LogP contribution in [0.15, 0.2) is 30.7 Å². The van der Waals surface area contributed by atoms with Crippen LogP contribution in [0, 0.1) is 5.41 Å². The van der Waals surface area contributed by atoms with Crippen LogP contribution in [0.2, 0.25) is 0 Å². The number of halogens is 1. The number of hydrogen-bond acceptors (Lipinski definition) is 8. The number of nitrogens with zero attached hydrogens (tertiary/aromatic N) is 4. The second-order valence-electron chi connectivity index (χ2n) is 9.74. The van der Waals surface area contributed by atoms with E-state index in [1.54, 1.807) is 18.3 Å². The third-order valence-electron chi connectivity index (χ3n) is 6.41. The van der Waals surface area contributed by atoms with Crippen molar-refractivity contribution in [3.8, 4) is 17.0 Å². The van der Waals surface area contributed by atoms with Gasteiger partial charge in [0.15, 0.2) is 15.6 Å². The number of fused-ring (bicyclic) bond motifs is 1. The smallest absolute Gasteiger partial charge is 0.235 e. The average Bonchev–Trinajstić information content (AvgIpc) is 3.17. The van der Waals surface area contributed by atoms with Gasteiger partial charge in [-0.05, 0) is 25.0 Å². The molecular weight excluding hydrogens is 475 g/mol. The summed E-state index contributed by atoms with van der Waals surface area (Å²) in [7, 11) is -3.04. The van der Waals surface area contributed by atoms with Crippen molar-refractivity contribution in [2.75, 3.05) is 24.7 Å². The van der Waals surface area contributed by atoms with E-state index in [1.165, 1.54) is 19.3 Å². The molecule has 5 heterocycles. The minimum Gasteiger partial charge on any atom is -0.459 e. The maximum atomic E-state index is 13.4. The Labute approximate surface area is 202 Å². The number of alkyl halides is 1. The van der Waals surface area contributed by atoms with Crippen LogP contribution in [0.5, 0.6) is 5.75 Å². The highest BCUT2D eigenvalue weighted by Crippen LogP contribution is 2.38. The molecule has 0 aromatic carbocycles. The van der Waals surface area contributed by atoms with Crippen molar-refractivity contribution in [2.24, 2.45) is 5.41 Å². The number of sulfone groups is 1. The molecule has 9 nitrogen and oxygen atoms in total. The Morgan fingerprint density at radius 1 is 1.26 bits per heavy atom. The van der Waals surface area contributed by atoms with Crippen molar-refractivity contribution in [2.45, 2.75) is 45.5 Å². The summed E-state index contributed by atoms with van der Waals surface area (Å²) in [5.41, 5.74) is 2.36. The molecule has 0 aliphatic carbocycles. The summed E-state index contributed by atoms with van der Waals surface area (Å²) in [4.78, 5) is 21.8. The molecule has 1 unspecified atom stereocenters. The molecule has 3 aromatic rings. The largest absolute Gasteiger partial charge is 0.459 e. The SMILES string of the molecule is CC(F)Oc1cncc(-c2nn(C3CCOCC3)c3cc(C(=O)CC4(C)CS(=O)(=O)C4)cnc23)c1. The van der Waals surface area contributed by atoms with Crippen LogP contribution >= 0.6 is 0 Å². The summed E-state index contributed by atoms with van der Waals surface area (Å²) < 4.78 is 49.2. The molecule has 2 saturated heterocycles. The Morgan fingerprint density at radius 2 is 2.00 bits per heavy atom. The van der Waals surface area contributed by atoms with Gasteiger partial charge in [0.2, 0.25) is 6.36 Å². The van der Waals surface area contributed by atoms with Crippen LogP contribution in [-0.4, -0.2) is 65.0 Å². The van der Waals surface area contributed by atoms with E-state index < -0.39 is 21.6 Å². The van der Waals surface area contributed by atoms with E-state index in [1.807, 2.05) is 11.6 Å². The summed E-state index contributed by atoms with van der Waals surface area (Å²) >= 11 is 0. The number of hydrogen-bond donors (Lipinski definition) is 0. The maximum absolute atomic E-state index is 13.4. The number of Topliss-reactive ketones (excluding diaryl/α,β-unsaturated/α-hetero) is 1.